The molecular weight excluding hydrogens is 266 g/mol. The summed E-state index contributed by atoms with van der Waals surface area (Å²) in [5.74, 6) is -4.01. The molecule has 4 nitrogen and oxygen atoms in total. The minimum Gasteiger partial charge on any atom is -0.368 e. The highest BCUT2D eigenvalue weighted by molar-refractivity contribution is 5.97. The Morgan fingerprint density at radius 1 is 1.35 bits per heavy atom. The van der Waals surface area contributed by atoms with Crippen molar-refractivity contribution in [2.75, 3.05) is 0 Å². The lowest BCUT2D eigenvalue weighted by Gasteiger charge is -2.14. The molecule has 0 aromatic heterocycles. The van der Waals surface area contributed by atoms with Gasteiger partial charge in [0.2, 0.25) is 5.91 Å². The Hall–Kier alpha value is -2.24. The van der Waals surface area contributed by atoms with Crippen LogP contribution in [0.5, 0.6) is 0 Å². The summed E-state index contributed by atoms with van der Waals surface area (Å²) in [7, 11) is 0. The molecular formula is C14H16F2N2O2. The third-order valence-corrected chi connectivity index (χ3v) is 2.61. The smallest absolute Gasteiger partial charge is 0.255 e. The summed E-state index contributed by atoms with van der Waals surface area (Å²) >= 11 is 0. The SMILES string of the molecule is CC(C)=CC[C@@H](NC(=O)c1cccc(F)c1F)C(N)=O. The summed E-state index contributed by atoms with van der Waals surface area (Å²) in [6.45, 7) is 3.65. The normalized spacial score (nSPS) is 11.6. The number of halogens is 2. The van der Waals surface area contributed by atoms with E-state index in [1.54, 1.807) is 6.08 Å². The largest absolute Gasteiger partial charge is 0.368 e. The first-order valence-electron chi connectivity index (χ1n) is 6.00. The Kier molecular flexibility index (Phi) is 5.37. The fraction of sp³-hybridized carbons (Fsp3) is 0.286. The number of primary amides is 1. The van der Waals surface area contributed by atoms with E-state index < -0.39 is 35.1 Å². The van der Waals surface area contributed by atoms with Crippen LogP contribution in [0, 0.1) is 11.6 Å². The highest BCUT2D eigenvalue weighted by atomic mass is 19.2. The minimum absolute atomic E-state index is 0.195. The molecule has 0 heterocycles. The van der Waals surface area contributed by atoms with Gasteiger partial charge in [0.1, 0.15) is 6.04 Å². The number of carbonyl (C=O) groups excluding carboxylic acids is 2. The molecule has 1 aromatic carbocycles. The Bertz CT molecular complexity index is 552. The molecule has 1 rings (SSSR count). The van der Waals surface area contributed by atoms with E-state index in [2.05, 4.69) is 5.32 Å². The fourth-order valence-electron chi connectivity index (χ4n) is 1.51. The van der Waals surface area contributed by atoms with Crippen molar-refractivity contribution in [3.05, 3.63) is 47.0 Å². The van der Waals surface area contributed by atoms with Crippen LogP contribution in [0.4, 0.5) is 8.78 Å². The molecule has 6 heteroatoms. The topological polar surface area (TPSA) is 72.2 Å². The standard InChI is InChI=1S/C14H16F2N2O2/c1-8(2)6-7-11(13(17)19)18-14(20)9-4-3-5-10(15)12(9)16/h3-6,11H,7H2,1-2H3,(H2,17,19)(H,18,20)/t11-/m1/s1. The molecule has 0 aliphatic rings. The quantitative estimate of drug-likeness (QED) is 0.810. The third-order valence-electron chi connectivity index (χ3n) is 2.61. The monoisotopic (exact) mass is 282 g/mol. The van der Waals surface area contributed by atoms with Crippen molar-refractivity contribution < 1.29 is 18.4 Å². The maximum Gasteiger partial charge on any atom is 0.255 e. The number of hydrogen-bond donors (Lipinski definition) is 2. The van der Waals surface area contributed by atoms with Crippen LogP contribution in [0.15, 0.2) is 29.8 Å². The van der Waals surface area contributed by atoms with Gasteiger partial charge in [-0.15, -0.1) is 0 Å². The molecule has 0 fully saturated rings. The van der Waals surface area contributed by atoms with Crippen molar-refractivity contribution in [2.24, 2.45) is 5.73 Å². The number of benzene rings is 1. The van der Waals surface area contributed by atoms with Gasteiger partial charge in [0, 0.05) is 0 Å². The van der Waals surface area contributed by atoms with Crippen LogP contribution in [-0.4, -0.2) is 17.9 Å². The molecule has 0 aliphatic heterocycles. The molecule has 0 radical (unpaired) electrons. The number of amides is 2. The zero-order chi connectivity index (χ0) is 15.3. The molecule has 2 amide bonds. The van der Waals surface area contributed by atoms with Crippen molar-refractivity contribution in [1.29, 1.82) is 0 Å². The second-order valence-electron chi connectivity index (χ2n) is 4.55. The van der Waals surface area contributed by atoms with Crippen molar-refractivity contribution >= 4 is 11.8 Å². The van der Waals surface area contributed by atoms with Gasteiger partial charge in [-0.1, -0.05) is 17.7 Å². The number of nitrogens with two attached hydrogens (primary N) is 1. The zero-order valence-corrected chi connectivity index (χ0v) is 11.2. The molecule has 1 aromatic rings. The first-order chi connectivity index (χ1) is 9.32. The molecule has 0 saturated carbocycles. The van der Waals surface area contributed by atoms with Crippen LogP contribution in [-0.2, 0) is 4.79 Å². The predicted octanol–water partition coefficient (Wildman–Crippen LogP) is 1.90. The van der Waals surface area contributed by atoms with Gasteiger partial charge in [-0.2, -0.15) is 0 Å². The lowest BCUT2D eigenvalue weighted by Crippen LogP contribution is -2.44. The van der Waals surface area contributed by atoms with E-state index in [0.717, 1.165) is 17.7 Å². The van der Waals surface area contributed by atoms with Crippen LogP contribution in [0.1, 0.15) is 30.6 Å². The predicted molar refractivity (Wildman–Crippen MR) is 70.9 cm³/mol. The van der Waals surface area contributed by atoms with E-state index in [4.69, 9.17) is 5.73 Å². The lowest BCUT2D eigenvalue weighted by molar-refractivity contribution is -0.119. The van der Waals surface area contributed by atoms with Gasteiger partial charge in [0.05, 0.1) is 5.56 Å². The Morgan fingerprint density at radius 3 is 2.55 bits per heavy atom. The van der Waals surface area contributed by atoms with Gasteiger partial charge in [-0.05, 0) is 32.4 Å². The number of hydrogen-bond acceptors (Lipinski definition) is 2. The average molecular weight is 282 g/mol. The molecule has 0 unspecified atom stereocenters. The summed E-state index contributed by atoms with van der Waals surface area (Å²) in [6, 6.07) is 2.27. The molecule has 0 aliphatic carbocycles. The van der Waals surface area contributed by atoms with E-state index in [9.17, 15) is 18.4 Å². The van der Waals surface area contributed by atoms with Crippen LogP contribution in [0.3, 0.4) is 0 Å². The summed E-state index contributed by atoms with van der Waals surface area (Å²) < 4.78 is 26.5. The molecule has 108 valence electrons. The zero-order valence-electron chi connectivity index (χ0n) is 11.2. The van der Waals surface area contributed by atoms with Crippen LogP contribution in [0.25, 0.3) is 0 Å². The summed E-state index contributed by atoms with van der Waals surface area (Å²) in [6.07, 6.45) is 1.91. The highest BCUT2D eigenvalue weighted by Gasteiger charge is 2.21. The first kappa shape index (κ1) is 15.8. The van der Waals surface area contributed by atoms with Gasteiger partial charge in [-0.25, -0.2) is 8.78 Å². The van der Waals surface area contributed by atoms with Gasteiger partial charge >= 0.3 is 0 Å². The highest BCUT2D eigenvalue weighted by Crippen LogP contribution is 2.11. The lowest BCUT2D eigenvalue weighted by atomic mass is 10.1. The summed E-state index contributed by atoms with van der Waals surface area (Å²) in [4.78, 5) is 23.1. The second kappa shape index (κ2) is 6.79. The van der Waals surface area contributed by atoms with Crippen molar-refractivity contribution in [3.63, 3.8) is 0 Å². The second-order valence-corrected chi connectivity index (χ2v) is 4.55. The van der Waals surface area contributed by atoms with Crippen LogP contribution in [0.2, 0.25) is 0 Å². The maximum absolute atomic E-state index is 13.5. The Labute approximate surface area is 115 Å². The van der Waals surface area contributed by atoms with Crippen LogP contribution >= 0.6 is 0 Å². The molecule has 1 atom stereocenters. The van der Waals surface area contributed by atoms with Crippen LogP contribution < -0.4 is 11.1 Å². The van der Waals surface area contributed by atoms with Crippen molar-refractivity contribution in [3.8, 4) is 0 Å². The fourth-order valence-corrected chi connectivity index (χ4v) is 1.51. The molecule has 0 spiro atoms. The average Bonchev–Trinajstić information content (AvgIpc) is 2.36. The minimum atomic E-state index is -1.25. The molecule has 0 bridgehead atoms. The summed E-state index contributed by atoms with van der Waals surface area (Å²) in [5.41, 5.74) is 5.65. The Balaban J connectivity index is 2.88. The van der Waals surface area contributed by atoms with Gasteiger partial charge < -0.3 is 11.1 Å². The van der Waals surface area contributed by atoms with Gasteiger partial charge in [0.15, 0.2) is 11.6 Å². The van der Waals surface area contributed by atoms with Gasteiger partial charge in [0.25, 0.3) is 5.91 Å². The van der Waals surface area contributed by atoms with Crippen molar-refractivity contribution in [1.82, 2.24) is 5.32 Å². The van der Waals surface area contributed by atoms with E-state index >= 15 is 0 Å². The summed E-state index contributed by atoms with van der Waals surface area (Å²) in [5, 5.41) is 2.29. The molecule has 0 saturated heterocycles. The number of carbonyl (C=O) groups is 2. The number of rotatable bonds is 5. The maximum atomic E-state index is 13.5. The molecule has 3 N–H and O–H groups in total. The Morgan fingerprint density at radius 2 is 2.00 bits per heavy atom. The molecule has 20 heavy (non-hydrogen) atoms. The van der Waals surface area contributed by atoms with E-state index in [-0.39, 0.29) is 6.42 Å². The van der Waals surface area contributed by atoms with E-state index in [1.165, 1.54) is 6.07 Å². The van der Waals surface area contributed by atoms with Gasteiger partial charge in [-0.3, -0.25) is 9.59 Å². The van der Waals surface area contributed by atoms with E-state index in [0.29, 0.717) is 0 Å². The third kappa shape index (κ3) is 4.15. The van der Waals surface area contributed by atoms with Crippen molar-refractivity contribution in [2.45, 2.75) is 26.3 Å². The first-order valence-corrected chi connectivity index (χ1v) is 6.00. The van der Waals surface area contributed by atoms with E-state index in [1.807, 2.05) is 13.8 Å². The number of nitrogens with one attached hydrogen (secondary N) is 1. The number of allylic oxidation sites excluding steroid dienone is 1.